The highest BCUT2D eigenvalue weighted by Crippen LogP contribution is 2.25. The lowest BCUT2D eigenvalue weighted by Gasteiger charge is -2.24. The SMILES string of the molecule is C[C@@H](N)C1CCCCC1.C[C@@H](N)c1cccc(Cl)c1. The lowest BCUT2D eigenvalue weighted by molar-refractivity contribution is 0.316. The molecule has 0 amide bonds. The molecule has 0 aromatic heterocycles. The average Bonchev–Trinajstić information content (AvgIpc) is 2.40. The highest BCUT2D eigenvalue weighted by Gasteiger charge is 2.16. The quantitative estimate of drug-likeness (QED) is 0.851. The molecule has 0 unspecified atom stereocenters. The summed E-state index contributed by atoms with van der Waals surface area (Å²) in [7, 11) is 0. The van der Waals surface area contributed by atoms with Gasteiger partial charge in [0.1, 0.15) is 0 Å². The Morgan fingerprint density at radius 3 is 2.11 bits per heavy atom. The van der Waals surface area contributed by atoms with E-state index in [1.165, 1.54) is 32.1 Å². The third kappa shape index (κ3) is 6.42. The van der Waals surface area contributed by atoms with E-state index in [4.69, 9.17) is 23.1 Å². The number of halogens is 1. The van der Waals surface area contributed by atoms with Crippen LogP contribution >= 0.6 is 11.6 Å². The second-order valence-electron chi connectivity index (χ2n) is 5.60. The van der Waals surface area contributed by atoms with Gasteiger partial charge in [-0.15, -0.1) is 0 Å². The number of nitrogens with two attached hydrogens (primary N) is 2. The van der Waals surface area contributed by atoms with Crippen LogP contribution in [0, 0.1) is 5.92 Å². The fourth-order valence-electron chi connectivity index (χ4n) is 2.45. The molecule has 1 aliphatic rings. The molecule has 4 N–H and O–H groups in total. The van der Waals surface area contributed by atoms with Crippen LogP contribution in [0.2, 0.25) is 5.02 Å². The van der Waals surface area contributed by atoms with Crippen LogP contribution in [0.5, 0.6) is 0 Å². The van der Waals surface area contributed by atoms with Crippen molar-refractivity contribution in [2.45, 2.75) is 58.0 Å². The lowest BCUT2D eigenvalue weighted by atomic mass is 9.85. The standard InChI is InChI=1S/C8H10ClN.C8H17N/c1-6(10)7-3-2-4-8(9)5-7;1-7(9)8-5-3-2-4-6-8/h2-6H,10H2,1H3;7-8H,2-6,9H2,1H3/t6-;7-/m11/s1. The van der Waals surface area contributed by atoms with E-state index in [0.717, 1.165) is 16.5 Å². The minimum atomic E-state index is 0.0682. The van der Waals surface area contributed by atoms with E-state index in [9.17, 15) is 0 Å². The molecule has 0 bridgehead atoms. The van der Waals surface area contributed by atoms with Gasteiger partial charge in [0.05, 0.1) is 0 Å². The lowest BCUT2D eigenvalue weighted by Crippen LogP contribution is -2.27. The maximum Gasteiger partial charge on any atom is 0.0409 e. The third-order valence-electron chi connectivity index (χ3n) is 3.77. The van der Waals surface area contributed by atoms with Crippen molar-refractivity contribution < 1.29 is 0 Å². The molecule has 1 saturated carbocycles. The van der Waals surface area contributed by atoms with Crippen LogP contribution in [0.25, 0.3) is 0 Å². The molecule has 19 heavy (non-hydrogen) atoms. The molecule has 2 nitrogen and oxygen atoms in total. The zero-order valence-corrected chi connectivity index (χ0v) is 12.9. The van der Waals surface area contributed by atoms with E-state index in [1.807, 2.05) is 31.2 Å². The van der Waals surface area contributed by atoms with Gasteiger partial charge in [-0.1, -0.05) is 43.0 Å². The molecule has 0 heterocycles. The summed E-state index contributed by atoms with van der Waals surface area (Å²) in [5.74, 6) is 0.832. The smallest absolute Gasteiger partial charge is 0.0409 e. The van der Waals surface area contributed by atoms with Gasteiger partial charge in [-0.05, 0) is 50.3 Å². The van der Waals surface area contributed by atoms with E-state index in [-0.39, 0.29) is 6.04 Å². The highest BCUT2D eigenvalue weighted by atomic mass is 35.5. The van der Waals surface area contributed by atoms with Crippen LogP contribution in [-0.4, -0.2) is 6.04 Å². The maximum atomic E-state index is 5.77. The second-order valence-corrected chi connectivity index (χ2v) is 6.04. The summed E-state index contributed by atoms with van der Waals surface area (Å²) in [5.41, 5.74) is 12.5. The van der Waals surface area contributed by atoms with Crippen LogP contribution in [0.4, 0.5) is 0 Å². The normalized spacial score (nSPS) is 19.2. The molecule has 108 valence electrons. The van der Waals surface area contributed by atoms with Crippen molar-refractivity contribution in [3.8, 4) is 0 Å². The van der Waals surface area contributed by atoms with Crippen molar-refractivity contribution in [1.82, 2.24) is 0 Å². The van der Waals surface area contributed by atoms with E-state index in [2.05, 4.69) is 6.92 Å². The van der Waals surface area contributed by atoms with Crippen molar-refractivity contribution >= 4 is 11.6 Å². The largest absolute Gasteiger partial charge is 0.328 e. The molecule has 1 aromatic carbocycles. The number of benzene rings is 1. The Morgan fingerprint density at radius 2 is 1.74 bits per heavy atom. The Hall–Kier alpha value is -0.570. The van der Waals surface area contributed by atoms with Gasteiger partial charge in [0.15, 0.2) is 0 Å². The highest BCUT2D eigenvalue weighted by molar-refractivity contribution is 6.30. The minimum Gasteiger partial charge on any atom is -0.328 e. The molecular formula is C16H27ClN2. The van der Waals surface area contributed by atoms with Crippen LogP contribution in [0.3, 0.4) is 0 Å². The van der Waals surface area contributed by atoms with Crippen molar-refractivity contribution in [3.05, 3.63) is 34.9 Å². The second kappa shape index (κ2) is 8.57. The maximum absolute atomic E-state index is 5.77. The van der Waals surface area contributed by atoms with Crippen molar-refractivity contribution in [2.75, 3.05) is 0 Å². The zero-order chi connectivity index (χ0) is 14.3. The first-order valence-corrected chi connectivity index (χ1v) is 7.65. The Labute approximate surface area is 122 Å². The van der Waals surface area contributed by atoms with Gasteiger partial charge in [0.25, 0.3) is 0 Å². The van der Waals surface area contributed by atoms with Crippen LogP contribution in [0.15, 0.2) is 24.3 Å². The third-order valence-corrected chi connectivity index (χ3v) is 4.00. The van der Waals surface area contributed by atoms with E-state index >= 15 is 0 Å². The van der Waals surface area contributed by atoms with Gasteiger partial charge in [-0.2, -0.15) is 0 Å². The van der Waals surface area contributed by atoms with Crippen molar-refractivity contribution in [1.29, 1.82) is 0 Å². The molecule has 0 radical (unpaired) electrons. The van der Waals surface area contributed by atoms with Crippen LogP contribution in [-0.2, 0) is 0 Å². The Morgan fingerprint density at radius 1 is 1.11 bits per heavy atom. The molecule has 2 atom stereocenters. The molecule has 0 saturated heterocycles. The number of hydrogen-bond acceptors (Lipinski definition) is 2. The summed E-state index contributed by atoms with van der Waals surface area (Å²) in [6.07, 6.45) is 7.00. The minimum absolute atomic E-state index is 0.0682. The average molecular weight is 283 g/mol. The summed E-state index contributed by atoms with van der Waals surface area (Å²) in [5, 5.41) is 0.745. The van der Waals surface area contributed by atoms with Gasteiger partial charge in [0.2, 0.25) is 0 Å². The van der Waals surface area contributed by atoms with Crippen molar-refractivity contribution in [2.24, 2.45) is 17.4 Å². The molecule has 1 fully saturated rings. The summed E-state index contributed by atoms with van der Waals surface area (Å²) >= 11 is 5.73. The van der Waals surface area contributed by atoms with Gasteiger partial charge in [-0.25, -0.2) is 0 Å². The first kappa shape index (κ1) is 16.5. The molecule has 1 aliphatic carbocycles. The topological polar surface area (TPSA) is 52.0 Å². The number of hydrogen-bond donors (Lipinski definition) is 2. The Balaban J connectivity index is 0.000000191. The Bertz CT molecular complexity index is 358. The summed E-state index contributed by atoms with van der Waals surface area (Å²) in [6, 6.07) is 8.10. The first-order chi connectivity index (χ1) is 9.00. The monoisotopic (exact) mass is 282 g/mol. The van der Waals surface area contributed by atoms with Crippen LogP contribution < -0.4 is 11.5 Å². The Kier molecular flexibility index (Phi) is 7.44. The van der Waals surface area contributed by atoms with E-state index < -0.39 is 0 Å². The van der Waals surface area contributed by atoms with Gasteiger partial charge in [0, 0.05) is 17.1 Å². The van der Waals surface area contributed by atoms with E-state index in [1.54, 1.807) is 0 Å². The predicted octanol–water partition coefficient (Wildman–Crippen LogP) is 4.27. The van der Waals surface area contributed by atoms with Gasteiger partial charge < -0.3 is 11.5 Å². The molecule has 0 aliphatic heterocycles. The van der Waals surface area contributed by atoms with Gasteiger partial charge in [-0.3, -0.25) is 0 Å². The van der Waals surface area contributed by atoms with Crippen LogP contribution in [0.1, 0.15) is 57.6 Å². The fraction of sp³-hybridized carbons (Fsp3) is 0.625. The van der Waals surface area contributed by atoms with E-state index in [0.29, 0.717) is 6.04 Å². The molecule has 0 spiro atoms. The summed E-state index contributed by atoms with van der Waals surface area (Å²) in [6.45, 7) is 4.07. The predicted molar refractivity (Wildman–Crippen MR) is 84.3 cm³/mol. The molecule has 1 aromatic rings. The van der Waals surface area contributed by atoms with Crippen molar-refractivity contribution in [3.63, 3.8) is 0 Å². The first-order valence-electron chi connectivity index (χ1n) is 7.27. The molecular weight excluding hydrogens is 256 g/mol. The number of rotatable bonds is 2. The van der Waals surface area contributed by atoms with Gasteiger partial charge >= 0.3 is 0 Å². The molecule has 2 rings (SSSR count). The zero-order valence-electron chi connectivity index (χ0n) is 12.1. The summed E-state index contributed by atoms with van der Waals surface area (Å²) < 4.78 is 0. The fourth-order valence-corrected chi connectivity index (χ4v) is 2.65. The molecule has 3 heteroatoms. The summed E-state index contributed by atoms with van der Waals surface area (Å²) in [4.78, 5) is 0.